The highest BCUT2D eigenvalue weighted by atomic mass is 32.2. The van der Waals surface area contributed by atoms with Crippen LogP contribution in [0.15, 0.2) is 60.7 Å². The number of ether oxygens (including phenoxy) is 4. The van der Waals surface area contributed by atoms with Crippen LogP contribution in [0.3, 0.4) is 0 Å². The van der Waals surface area contributed by atoms with Gasteiger partial charge < -0.3 is 24.3 Å². The zero-order chi connectivity index (χ0) is 32.0. The summed E-state index contributed by atoms with van der Waals surface area (Å²) in [7, 11) is 0. The van der Waals surface area contributed by atoms with Crippen LogP contribution in [-0.2, 0) is 35.1 Å². The van der Waals surface area contributed by atoms with Crippen LogP contribution in [0.1, 0.15) is 74.7 Å². The zero-order valence-electron chi connectivity index (χ0n) is 26.1. The van der Waals surface area contributed by atoms with Crippen LogP contribution >= 0.6 is 11.8 Å². The normalized spacial score (nSPS) is 22.8. The van der Waals surface area contributed by atoms with Gasteiger partial charge in [-0.3, -0.25) is 14.5 Å². The van der Waals surface area contributed by atoms with Crippen molar-refractivity contribution in [3.8, 4) is 0 Å². The molecule has 45 heavy (non-hydrogen) atoms. The molecule has 0 radical (unpaired) electrons. The van der Waals surface area contributed by atoms with Gasteiger partial charge in [-0.05, 0) is 42.7 Å². The Kier molecular flexibility index (Phi) is 13.6. The van der Waals surface area contributed by atoms with Gasteiger partial charge in [-0.25, -0.2) is 9.59 Å². The molecule has 2 saturated heterocycles. The topological polar surface area (TPSA) is 120 Å². The third-order valence-corrected chi connectivity index (χ3v) is 9.04. The summed E-state index contributed by atoms with van der Waals surface area (Å²) in [6.45, 7) is 4.18. The minimum Gasteiger partial charge on any atom is -0.458 e. The first-order chi connectivity index (χ1) is 21.9. The van der Waals surface area contributed by atoms with E-state index in [2.05, 4.69) is 12.2 Å². The first-order valence-electron chi connectivity index (χ1n) is 15.8. The molecule has 2 aliphatic rings. The van der Waals surface area contributed by atoms with Crippen molar-refractivity contribution in [1.29, 1.82) is 0 Å². The number of nitrogens with zero attached hydrogens (tertiary/aromatic N) is 1. The molecule has 5 atom stereocenters. The van der Waals surface area contributed by atoms with Gasteiger partial charge in [0.2, 0.25) is 5.91 Å². The van der Waals surface area contributed by atoms with Crippen molar-refractivity contribution in [3.05, 3.63) is 71.8 Å². The number of hydrogen-bond donors (Lipinski definition) is 1. The molecule has 10 nitrogen and oxygen atoms in total. The third-order valence-electron chi connectivity index (χ3n) is 7.81. The van der Waals surface area contributed by atoms with E-state index >= 15 is 0 Å². The van der Waals surface area contributed by atoms with Gasteiger partial charge >= 0.3 is 18.0 Å². The molecule has 244 valence electrons. The Morgan fingerprint density at radius 2 is 1.71 bits per heavy atom. The fourth-order valence-corrected chi connectivity index (χ4v) is 6.76. The number of unbranched alkanes of at least 4 members (excludes halogenated alkanes) is 3. The number of esters is 2. The number of hydrogen-bond acceptors (Lipinski definition) is 9. The molecule has 2 heterocycles. The van der Waals surface area contributed by atoms with E-state index in [9.17, 15) is 19.2 Å². The molecule has 11 heteroatoms. The van der Waals surface area contributed by atoms with Crippen molar-refractivity contribution in [3.63, 3.8) is 0 Å². The highest BCUT2D eigenvalue weighted by molar-refractivity contribution is 7.99. The minimum absolute atomic E-state index is 0.130. The van der Waals surface area contributed by atoms with E-state index in [0.29, 0.717) is 24.9 Å². The summed E-state index contributed by atoms with van der Waals surface area (Å²) in [6, 6.07) is 17.4. The summed E-state index contributed by atoms with van der Waals surface area (Å²) in [6.07, 6.45) is 3.12. The fourth-order valence-electron chi connectivity index (χ4n) is 5.50. The number of thioether (sulfide) groups is 1. The van der Waals surface area contributed by atoms with E-state index in [1.165, 1.54) is 23.6 Å². The second-order valence-electron chi connectivity index (χ2n) is 11.3. The van der Waals surface area contributed by atoms with Gasteiger partial charge in [-0.15, -0.1) is 11.8 Å². The van der Waals surface area contributed by atoms with Crippen LogP contribution in [-0.4, -0.2) is 77.5 Å². The Morgan fingerprint density at radius 3 is 2.42 bits per heavy atom. The molecule has 2 fully saturated rings. The summed E-state index contributed by atoms with van der Waals surface area (Å²) >= 11 is 1.52. The van der Waals surface area contributed by atoms with Gasteiger partial charge in [-0.1, -0.05) is 74.7 Å². The average molecular weight is 641 g/mol. The SMILES string of the molecule is CCCCCCS[C@@H]1O[C@@H](CNC(=O)C2CCCN2C(=O)OCc2ccccc2)C[C@@H](OC(C)=O)[C@H]1OC(=O)c1ccccc1. The van der Waals surface area contributed by atoms with Crippen LogP contribution in [0.5, 0.6) is 0 Å². The molecule has 2 amide bonds. The van der Waals surface area contributed by atoms with Crippen molar-refractivity contribution in [2.45, 2.75) is 95.2 Å². The quantitative estimate of drug-likeness (QED) is 0.162. The van der Waals surface area contributed by atoms with Gasteiger partial charge in [0.1, 0.15) is 24.2 Å². The highest BCUT2D eigenvalue weighted by Crippen LogP contribution is 2.33. The summed E-state index contributed by atoms with van der Waals surface area (Å²) < 4.78 is 23.5. The van der Waals surface area contributed by atoms with E-state index in [1.807, 2.05) is 36.4 Å². The predicted molar refractivity (Wildman–Crippen MR) is 170 cm³/mol. The summed E-state index contributed by atoms with van der Waals surface area (Å²) in [5.74, 6) is -0.533. The zero-order valence-corrected chi connectivity index (χ0v) is 26.9. The van der Waals surface area contributed by atoms with Crippen molar-refractivity contribution >= 4 is 35.7 Å². The molecule has 0 bridgehead atoms. The van der Waals surface area contributed by atoms with E-state index in [4.69, 9.17) is 18.9 Å². The molecular formula is C34H44N2O8S. The van der Waals surface area contributed by atoms with Gasteiger partial charge in [0.25, 0.3) is 0 Å². The summed E-state index contributed by atoms with van der Waals surface area (Å²) in [4.78, 5) is 52.7. The smallest absolute Gasteiger partial charge is 0.410 e. The molecule has 0 spiro atoms. The Labute approximate surface area is 269 Å². The van der Waals surface area contributed by atoms with E-state index in [1.54, 1.807) is 24.3 Å². The van der Waals surface area contributed by atoms with Crippen molar-refractivity contribution in [2.24, 2.45) is 0 Å². The molecular weight excluding hydrogens is 596 g/mol. The predicted octanol–water partition coefficient (Wildman–Crippen LogP) is 5.49. The second-order valence-corrected chi connectivity index (χ2v) is 12.5. The van der Waals surface area contributed by atoms with Crippen LogP contribution in [0.25, 0.3) is 0 Å². The Bertz CT molecular complexity index is 1250. The number of benzene rings is 2. The van der Waals surface area contributed by atoms with Gasteiger partial charge in [0, 0.05) is 26.4 Å². The molecule has 4 rings (SSSR count). The van der Waals surface area contributed by atoms with Gasteiger partial charge in [-0.2, -0.15) is 0 Å². The lowest BCUT2D eigenvalue weighted by Crippen LogP contribution is -2.54. The van der Waals surface area contributed by atoms with Gasteiger partial charge in [0.05, 0.1) is 11.7 Å². The number of rotatable bonds is 14. The Hall–Kier alpha value is -3.57. The summed E-state index contributed by atoms with van der Waals surface area (Å²) in [5, 5.41) is 2.94. The molecule has 2 aromatic carbocycles. The molecule has 0 aliphatic carbocycles. The number of likely N-dealkylation sites (tertiary alicyclic amines) is 1. The Morgan fingerprint density at radius 1 is 0.978 bits per heavy atom. The standard InChI is InChI=1S/C34H44N2O8S/c1-3-4-5-12-20-45-33-30(44-32(39)26-16-10-7-11-17-26)29(42-24(2)37)21-27(43-33)22-35-31(38)28-18-13-19-36(28)34(40)41-23-25-14-8-6-9-15-25/h6-11,14-17,27-30,33H,3-5,12-13,18-23H2,1-2H3,(H,35,38)/t27-,28?,29-,30-,33+/m1/s1. The Balaban J connectivity index is 1.39. The lowest BCUT2D eigenvalue weighted by Gasteiger charge is -2.40. The molecule has 1 N–H and O–H groups in total. The molecule has 0 aromatic heterocycles. The van der Waals surface area contributed by atoms with Crippen LogP contribution in [0.2, 0.25) is 0 Å². The molecule has 2 aromatic rings. The maximum atomic E-state index is 13.3. The average Bonchev–Trinajstić information content (AvgIpc) is 3.55. The summed E-state index contributed by atoms with van der Waals surface area (Å²) in [5.41, 5.74) is 0.659. The van der Waals surface area contributed by atoms with Gasteiger partial charge in [0.15, 0.2) is 6.10 Å². The fraction of sp³-hybridized carbons (Fsp3) is 0.529. The van der Waals surface area contributed by atoms with Crippen LogP contribution < -0.4 is 5.32 Å². The number of carbonyl (C=O) groups is 4. The number of nitrogens with one attached hydrogen (secondary N) is 1. The van der Waals surface area contributed by atoms with Crippen LogP contribution in [0, 0.1) is 0 Å². The maximum Gasteiger partial charge on any atom is 0.410 e. The first kappa shape index (κ1) is 34.3. The first-order valence-corrected chi connectivity index (χ1v) is 16.9. The maximum absolute atomic E-state index is 13.3. The molecule has 0 saturated carbocycles. The van der Waals surface area contributed by atoms with E-state index in [-0.39, 0.29) is 25.5 Å². The second kappa shape index (κ2) is 17.8. The van der Waals surface area contributed by atoms with Crippen molar-refractivity contribution < 1.29 is 38.1 Å². The third kappa shape index (κ3) is 10.5. The highest BCUT2D eigenvalue weighted by Gasteiger charge is 2.44. The molecule has 1 unspecified atom stereocenters. The molecule has 2 aliphatic heterocycles. The van der Waals surface area contributed by atoms with E-state index < -0.39 is 47.8 Å². The van der Waals surface area contributed by atoms with Crippen LogP contribution in [0.4, 0.5) is 4.79 Å². The lowest BCUT2D eigenvalue weighted by molar-refractivity contribution is -0.176. The number of amides is 2. The minimum atomic E-state index is -0.825. The van der Waals surface area contributed by atoms with Crippen molar-refractivity contribution in [1.82, 2.24) is 10.2 Å². The number of carbonyl (C=O) groups excluding carboxylic acids is 4. The lowest BCUT2D eigenvalue weighted by atomic mass is 10.0. The van der Waals surface area contributed by atoms with Crippen molar-refractivity contribution in [2.75, 3.05) is 18.8 Å². The largest absolute Gasteiger partial charge is 0.458 e. The van der Waals surface area contributed by atoms with E-state index in [0.717, 1.165) is 37.0 Å². The monoisotopic (exact) mass is 640 g/mol.